The molecule has 1 aromatic heterocycles. The Morgan fingerprint density at radius 3 is 1.81 bits per heavy atom. The van der Waals surface area contributed by atoms with Crippen molar-refractivity contribution in [2.45, 2.75) is 124 Å². The molecule has 54 heavy (non-hydrogen) atoms. The second kappa shape index (κ2) is 24.1. The van der Waals surface area contributed by atoms with Crippen molar-refractivity contribution in [3.8, 4) is 23.1 Å². The molecule has 1 amide bonds. The Morgan fingerprint density at radius 1 is 0.778 bits per heavy atom. The zero-order valence-electron chi connectivity index (χ0n) is 33.5. The van der Waals surface area contributed by atoms with Crippen LogP contribution in [0.25, 0.3) is 11.1 Å². The smallest absolute Gasteiger partial charge is 0.272 e. The van der Waals surface area contributed by atoms with Crippen molar-refractivity contribution in [1.29, 1.82) is 5.26 Å². The molecular weight excluding hydrogens is 677 g/mol. The molecule has 0 aliphatic rings. The van der Waals surface area contributed by atoms with Gasteiger partial charge in [0.15, 0.2) is 5.69 Å². The van der Waals surface area contributed by atoms with E-state index in [9.17, 15) is 20.0 Å². The van der Waals surface area contributed by atoms with Crippen LogP contribution < -0.4 is 21.5 Å². The number of carbonyl (C=O) groups is 1. The number of nitriles is 1. The number of benzene rings is 2. The highest BCUT2D eigenvalue weighted by Crippen LogP contribution is 2.40. The lowest BCUT2D eigenvalue weighted by Gasteiger charge is -2.32. The summed E-state index contributed by atoms with van der Waals surface area (Å²) in [5.74, 6) is -0.536. The van der Waals surface area contributed by atoms with E-state index in [1.54, 1.807) is 42.5 Å². The number of rotatable bonds is 25. The first-order valence-electron chi connectivity index (χ1n) is 20.2. The zero-order chi connectivity index (χ0) is 39.3. The number of nitrogens with one attached hydrogen (secondary N) is 3. The van der Waals surface area contributed by atoms with Gasteiger partial charge in [-0.15, -0.1) is 10.2 Å². The van der Waals surface area contributed by atoms with Gasteiger partial charge >= 0.3 is 0 Å². The predicted octanol–water partition coefficient (Wildman–Crippen LogP) is 8.46. The number of amides is 1. The Labute approximate surface area is 323 Å². The second-order valence-corrected chi connectivity index (χ2v) is 14.0. The summed E-state index contributed by atoms with van der Waals surface area (Å²) in [6.45, 7) is 16.5. The van der Waals surface area contributed by atoms with Gasteiger partial charge in [-0.05, 0) is 75.9 Å². The summed E-state index contributed by atoms with van der Waals surface area (Å²) in [6.07, 6.45) is 8.78. The first-order chi connectivity index (χ1) is 26.3. The van der Waals surface area contributed by atoms with Crippen LogP contribution >= 0.6 is 0 Å². The number of carbonyl (C=O) groups excluding carboxylic acids is 1. The minimum absolute atomic E-state index is 0.00258. The van der Waals surface area contributed by atoms with Crippen molar-refractivity contribution in [1.82, 2.24) is 25.4 Å². The molecule has 4 N–H and O–H groups in total. The minimum Gasteiger partial charge on any atom is -0.493 e. The zero-order valence-corrected chi connectivity index (χ0v) is 33.5. The molecular formula is C43H64N8O3. The van der Waals surface area contributed by atoms with Gasteiger partial charge < -0.3 is 26.0 Å². The van der Waals surface area contributed by atoms with Crippen molar-refractivity contribution in [2.75, 3.05) is 32.7 Å². The van der Waals surface area contributed by atoms with Crippen LogP contribution in [0.3, 0.4) is 0 Å². The molecule has 2 aromatic carbocycles. The maximum Gasteiger partial charge on any atom is 0.272 e. The standard InChI is InChI=1S/C43H64N8O3/c1-7-13-25-45-33(10-4)29-50(30-34(11-5)46-26-14-8-2)41(52)36-23-19-20-24-38(36)48-49-40-39(32-21-17-16-18-22-32)37(28-44)42(53)51(43(40)54)31-35(12-6)47-27-15-9-3/h16-24,33-35,45-47,54H,7-15,25-27,29-31H2,1-6H3/b49-48+. The van der Waals surface area contributed by atoms with Crippen molar-refractivity contribution >= 4 is 17.3 Å². The number of azo groups is 1. The molecule has 0 aliphatic heterocycles. The van der Waals surface area contributed by atoms with E-state index < -0.39 is 5.56 Å². The molecule has 3 rings (SSSR count). The molecule has 3 aromatic rings. The van der Waals surface area contributed by atoms with E-state index in [1.807, 2.05) is 24.0 Å². The number of aromatic hydroxyl groups is 1. The largest absolute Gasteiger partial charge is 0.493 e. The van der Waals surface area contributed by atoms with Gasteiger partial charge in [0.05, 0.1) is 11.3 Å². The van der Waals surface area contributed by atoms with Gasteiger partial charge in [-0.2, -0.15) is 5.26 Å². The number of nitrogens with zero attached hydrogens (tertiary/aromatic N) is 5. The predicted molar refractivity (Wildman–Crippen MR) is 220 cm³/mol. The van der Waals surface area contributed by atoms with Crippen LogP contribution in [-0.2, 0) is 6.54 Å². The van der Waals surface area contributed by atoms with Gasteiger partial charge in [0.2, 0.25) is 5.88 Å². The number of aromatic nitrogens is 1. The van der Waals surface area contributed by atoms with Crippen LogP contribution in [0.1, 0.15) is 115 Å². The Morgan fingerprint density at radius 2 is 1.30 bits per heavy atom. The Hall–Kier alpha value is -4.37. The second-order valence-electron chi connectivity index (χ2n) is 14.0. The fourth-order valence-corrected chi connectivity index (χ4v) is 6.42. The highest BCUT2D eigenvalue weighted by Gasteiger charge is 2.27. The molecule has 0 bridgehead atoms. The summed E-state index contributed by atoms with van der Waals surface area (Å²) < 4.78 is 1.22. The number of unbranched alkanes of at least 4 members (excludes halogenated alkanes) is 3. The van der Waals surface area contributed by atoms with Crippen molar-refractivity contribution < 1.29 is 9.90 Å². The summed E-state index contributed by atoms with van der Waals surface area (Å²) in [5.41, 5.74) is 0.736. The molecule has 0 saturated carbocycles. The third-order valence-electron chi connectivity index (χ3n) is 9.92. The maximum atomic E-state index is 14.6. The summed E-state index contributed by atoms with van der Waals surface area (Å²) in [4.78, 5) is 30.4. The summed E-state index contributed by atoms with van der Waals surface area (Å²) >= 11 is 0. The van der Waals surface area contributed by atoms with Crippen LogP contribution in [0.4, 0.5) is 11.4 Å². The summed E-state index contributed by atoms with van der Waals surface area (Å²) in [5, 5.41) is 42.1. The lowest BCUT2D eigenvalue weighted by molar-refractivity contribution is 0.0718. The Bertz CT molecular complexity index is 1680. The first kappa shape index (κ1) is 44.0. The first-order valence-corrected chi connectivity index (χ1v) is 20.2. The summed E-state index contributed by atoms with van der Waals surface area (Å²) in [6, 6.07) is 18.3. The molecule has 0 spiro atoms. The number of hydrogen-bond acceptors (Lipinski definition) is 9. The quantitative estimate of drug-likeness (QED) is 0.0504. The molecule has 0 fully saturated rings. The molecule has 0 saturated heterocycles. The Balaban J connectivity index is 2.14. The third kappa shape index (κ3) is 12.6. The molecule has 294 valence electrons. The van der Waals surface area contributed by atoms with E-state index in [-0.39, 0.29) is 53.3 Å². The average molecular weight is 741 g/mol. The SMILES string of the molecule is CCCCNC(CC)CN(CC(CC)NCCCC)C(=O)c1ccccc1/N=N/c1c(-c2ccccc2)c(C#N)c(=O)n(CC(CC)NCCCC)c1O. The van der Waals surface area contributed by atoms with Gasteiger partial charge in [-0.25, -0.2) is 0 Å². The van der Waals surface area contributed by atoms with Gasteiger partial charge in [-0.3, -0.25) is 14.2 Å². The summed E-state index contributed by atoms with van der Waals surface area (Å²) in [7, 11) is 0. The molecule has 11 heteroatoms. The highest BCUT2D eigenvalue weighted by molar-refractivity contribution is 5.99. The monoisotopic (exact) mass is 741 g/mol. The molecule has 3 atom stereocenters. The van der Waals surface area contributed by atoms with Crippen LogP contribution in [0.2, 0.25) is 0 Å². The van der Waals surface area contributed by atoms with E-state index in [0.29, 0.717) is 36.3 Å². The van der Waals surface area contributed by atoms with Gasteiger partial charge in [0.25, 0.3) is 11.5 Å². The van der Waals surface area contributed by atoms with Crippen molar-refractivity contribution in [3.05, 3.63) is 76.1 Å². The van der Waals surface area contributed by atoms with E-state index >= 15 is 0 Å². The lowest BCUT2D eigenvalue weighted by Crippen LogP contribution is -2.49. The van der Waals surface area contributed by atoms with Crippen LogP contribution in [0.5, 0.6) is 5.88 Å². The van der Waals surface area contributed by atoms with E-state index in [0.717, 1.165) is 71.0 Å². The highest BCUT2D eigenvalue weighted by atomic mass is 16.3. The topological polar surface area (TPSA) is 147 Å². The molecule has 0 radical (unpaired) electrons. The van der Waals surface area contributed by atoms with E-state index in [1.165, 1.54) is 4.57 Å². The maximum absolute atomic E-state index is 14.6. The normalized spacial score (nSPS) is 13.1. The number of hydrogen-bond donors (Lipinski definition) is 4. The molecule has 11 nitrogen and oxygen atoms in total. The van der Waals surface area contributed by atoms with Crippen LogP contribution in [0, 0.1) is 11.3 Å². The van der Waals surface area contributed by atoms with Crippen molar-refractivity contribution in [3.63, 3.8) is 0 Å². The van der Waals surface area contributed by atoms with Gasteiger partial charge in [-0.1, -0.05) is 103 Å². The minimum atomic E-state index is -0.592. The van der Waals surface area contributed by atoms with Gasteiger partial charge in [0, 0.05) is 43.3 Å². The average Bonchev–Trinajstić information content (AvgIpc) is 3.20. The van der Waals surface area contributed by atoms with Crippen LogP contribution in [-0.4, -0.2) is 71.3 Å². The fraction of sp³-hybridized carbons (Fsp3) is 0.558. The Kier molecular flexibility index (Phi) is 19.7. The lowest BCUT2D eigenvalue weighted by atomic mass is 9.99. The number of pyridine rings is 1. The molecule has 1 heterocycles. The van der Waals surface area contributed by atoms with Crippen LogP contribution in [0.15, 0.2) is 69.6 Å². The van der Waals surface area contributed by atoms with Gasteiger partial charge in [0.1, 0.15) is 11.6 Å². The van der Waals surface area contributed by atoms with E-state index in [2.05, 4.69) is 66.9 Å². The third-order valence-corrected chi connectivity index (χ3v) is 9.92. The molecule has 3 unspecified atom stereocenters. The van der Waals surface area contributed by atoms with E-state index in [4.69, 9.17) is 0 Å². The molecule has 0 aliphatic carbocycles. The van der Waals surface area contributed by atoms with Crippen molar-refractivity contribution in [2.24, 2.45) is 10.2 Å². The fourth-order valence-electron chi connectivity index (χ4n) is 6.42.